The maximum Gasteiger partial charge on any atom is 0.303 e. The summed E-state index contributed by atoms with van der Waals surface area (Å²) in [5, 5.41) is 8.27. The highest BCUT2D eigenvalue weighted by molar-refractivity contribution is 5.66. The van der Waals surface area contributed by atoms with Crippen LogP contribution in [0.3, 0.4) is 0 Å². The van der Waals surface area contributed by atoms with Gasteiger partial charge in [-0.25, -0.2) is 0 Å². The molecule has 3 heteroatoms. The van der Waals surface area contributed by atoms with Crippen LogP contribution in [0.2, 0.25) is 0 Å². The highest BCUT2D eigenvalue weighted by Gasteiger charge is 1.91. The lowest BCUT2D eigenvalue weighted by atomic mass is 10.3. The Kier molecular flexibility index (Phi) is 0.900. The third kappa shape index (κ3) is 5.43. The smallest absolute Gasteiger partial charge is 0.303 e. The molecule has 0 radical (unpaired) electrons. The Morgan fingerprint density at radius 2 is 2.57 bits per heavy atom. The molecule has 0 aliphatic rings. The fraction of sp³-hybridized carbons (Fsp3) is 0.750. The van der Waals surface area contributed by atoms with Crippen molar-refractivity contribution in [2.45, 2.75) is 12.7 Å². The number of carboxylic acid groups (broad SMARTS) is 1. The Labute approximate surface area is 49.2 Å². The molecule has 42 valence electrons. The van der Waals surface area contributed by atoms with Crippen LogP contribution >= 0.6 is 0 Å². The van der Waals surface area contributed by atoms with E-state index in [-0.39, 0.29) is 0 Å². The molecular weight excluding hydrogens is 94.0 g/mol. The summed E-state index contributed by atoms with van der Waals surface area (Å²) in [6.45, 7) is -1.93. The van der Waals surface area contributed by atoms with Crippen molar-refractivity contribution in [2.75, 3.05) is 6.52 Å². The molecule has 0 aromatic heterocycles. The average Bonchev–Trinajstić information content (AvgIpc) is 1.86. The van der Waals surface area contributed by atoms with Gasteiger partial charge in [0.05, 0.1) is 0 Å². The number of carbonyl (C=O) groups is 1. The van der Waals surface area contributed by atoms with Crippen molar-refractivity contribution >= 4 is 5.97 Å². The van der Waals surface area contributed by atoms with E-state index in [0.717, 1.165) is 0 Å². The first kappa shape index (κ1) is 1.74. The number of hydrogen-bond donors (Lipinski definition) is 2. The van der Waals surface area contributed by atoms with Crippen LogP contribution in [0.25, 0.3) is 0 Å². The van der Waals surface area contributed by atoms with E-state index in [9.17, 15) is 4.79 Å². The fourth-order valence-electron chi connectivity index (χ4n) is 0.103. The maximum absolute atomic E-state index is 10.2. The highest BCUT2D eigenvalue weighted by Crippen LogP contribution is 1.82. The maximum atomic E-state index is 10.2. The van der Waals surface area contributed by atoms with Gasteiger partial charge in [0, 0.05) is 13.2 Å². The molecule has 0 spiro atoms. The van der Waals surface area contributed by atoms with Crippen molar-refractivity contribution in [3.8, 4) is 0 Å². The van der Waals surface area contributed by atoms with Crippen LogP contribution in [0, 0.1) is 0 Å². The molecular formula is C4H9NO2. The molecule has 0 bridgehead atoms. The highest BCUT2D eigenvalue weighted by atomic mass is 16.4. The van der Waals surface area contributed by atoms with Gasteiger partial charge in [-0.1, -0.05) is 0 Å². The Hall–Kier alpha value is -0.570. The first-order chi connectivity index (χ1) is 5.14. The van der Waals surface area contributed by atoms with Crippen LogP contribution in [0.15, 0.2) is 0 Å². The van der Waals surface area contributed by atoms with Crippen LogP contribution in [-0.2, 0) is 4.79 Å². The molecule has 0 unspecified atom stereocenters. The van der Waals surface area contributed by atoms with Gasteiger partial charge in [-0.2, -0.15) is 0 Å². The van der Waals surface area contributed by atoms with Gasteiger partial charge in [-0.3, -0.25) is 4.79 Å². The van der Waals surface area contributed by atoms with E-state index in [1.165, 1.54) is 0 Å². The average molecular weight is 108 g/mol. The van der Waals surface area contributed by atoms with Crippen LogP contribution in [0.5, 0.6) is 0 Å². The van der Waals surface area contributed by atoms with Gasteiger partial charge in [-0.15, -0.1) is 0 Å². The number of carboxylic acids is 1. The lowest BCUT2D eigenvalue weighted by molar-refractivity contribution is -0.137. The van der Waals surface area contributed by atoms with Gasteiger partial charge >= 0.3 is 5.97 Å². The Bertz CT molecular complexity index is 192. The first-order valence-corrected chi connectivity index (χ1v) is 1.55. The summed E-state index contributed by atoms with van der Waals surface area (Å²) in [4.78, 5) is 10.2. The molecule has 0 amide bonds. The minimum Gasteiger partial charge on any atom is -0.481 e. The number of aliphatic carboxylic acids is 1. The molecule has 0 saturated carbocycles. The summed E-state index contributed by atoms with van der Waals surface area (Å²) in [5.74, 6) is -1.96. The zero-order valence-corrected chi connectivity index (χ0v) is 3.51. The molecule has 3 nitrogen and oxygen atoms in total. The standard InChI is InChI=1S/C4H9NO2/c5-3-1-2-4(6)7/h1-3,5H2,(H,6,7)/i1D2,2D2,3D/t3-/m1/s1. The van der Waals surface area contributed by atoms with Crippen molar-refractivity contribution in [3.05, 3.63) is 0 Å². The SMILES string of the molecule is [2H][C@@H](N)C([2H])([2H])C([2H])([2H])C(=O)O. The molecule has 0 aromatic carbocycles. The zero-order valence-electron chi connectivity index (χ0n) is 8.51. The Morgan fingerprint density at radius 1 is 2.00 bits per heavy atom. The van der Waals surface area contributed by atoms with E-state index in [1.54, 1.807) is 0 Å². The van der Waals surface area contributed by atoms with Crippen LogP contribution < -0.4 is 5.73 Å². The van der Waals surface area contributed by atoms with E-state index < -0.39 is 25.2 Å². The molecule has 3 N–H and O–H groups in total. The van der Waals surface area contributed by atoms with E-state index in [1.807, 2.05) is 0 Å². The largest absolute Gasteiger partial charge is 0.481 e. The van der Waals surface area contributed by atoms with Gasteiger partial charge in [0.2, 0.25) is 0 Å². The summed E-state index contributed by atoms with van der Waals surface area (Å²) in [6, 6.07) is 0. The van der Waals surface area contributed by atoms with E-state index in [2.05, 4.69) is 0 Å². The fourth-order valence-corrected chi connectivity index (χ4v) is 0.103. The zero-order chi connectivity index (χ0) is 10.2. The molecule has 0 rings (SSSR count). The monoisotopic (exact) mass is 108 g/mol. The lowest BCUT2D eigenvalue weighted by Gasteiger charge is -1.86. The van der Waals surface area contributed by atoms with Gasteiger partial charge in [-0.05, 0) is 12.9 Å². The molecule has 7 heavy (non-hydrogen) atoms. The van der Waals surface area contributed by atoms with Crippen LogP contribution in [0.1, 0.15) is 19.6 Å². The van der Waals surface area contributed by atoms with Crippen molar-refractivity contribution in [1.82, 2.24) is 0 Å². The normalized spacial score (nSPS) is 27.9. The topological polar surface area (TPSA) is 63.3 Å². The minimum absolute atomic E-state index is 1.93. The van der Waals surface area contributed by atoms with Gasteiger partial charge in [0.15, 0.2) is 0 Å². The van der Waals surface area contributed by atoms with E-state index >= 15 is 0 Å². The molecule has 0 fully saturated rings. The summed E-state index contributed by atoms with van der Waals surface area (Å²) in [7, 11) is 0. The summed E-state index contributed by atoms with van der Waals surface area (Å²) in [5.41, 5.74) is 4.78. The molecule has 0 aromatic rings. The second-order valence-corrected chi connectivity index (χ2v) is 0.741. The van der Waals surface area contributed by atoms with Gasteiger partial charge < -0.3 is 10.8 Å². The van der Waals surface area contributed by atoms with Crippen molar-refractivity contribution in [3.63, 3.8) is 0 Å². The van der Waals surface area contributed by atoms with Gasteiger partial charge in [0.1, 0.15) is 0 Å². The summed E-state index contributed by atoms with van der Waals surface area (Å²) < 4.78 is 34.2. The minimum atomic E-state index is -3.14. The predicted octanol–water partition coefficient (Wildman–Crippen LogP) is -0.190. The second-order valence-electron chi connectivity index (χ2n) is 0.741. The predicted molar refractivity (Wildman–Crippen MR) is 25.9 cm³/mol. The van der Waals surface area contributed by atoms with Crippen LogP contribution in [-0.4, -0.2) is 17.6 Å². The molecule has 0 aliphatic carbocycles. The number of hydrogen-bond acceptors (Lipinski definition) is 2. The molecule has 0 aliphatic heterocycles. The number of rotatable bonds is 3. The van der Waals surface area contributed by atoms with E-state index in [4.69, 9.17) is 17.7 Å². The number of nitrogens with two attached hydrogens (primary N) is 1. The van der Waals surface area contributed by atoms with E-state index in [0.29, 0.717) is 0 Å². The third-order valence-corrected chi connectivity index (χ3v) is 0.262. The quantitative estimate of drug-likeness (QED) is 0.526. The van der Waals surface area contributed by atoms with Crippen molar-refractivity contribution in [2.24, 2.45) is 5.73 Å². The summed E-state index contributed by atoms with van der Waals surface area (Å²) in [6.07, 6.45) is -6.05. The second kappa shape index (κ2) is 3.61. The van der Waals surface area contributed by atoms with Gasteiger partial charge in [0.25, 0.3) is 0 Å². The first-order valence-electron chi connectivity index (χ1n) is 4.13. The van der Waals surface area contributed by atoms with Crippen LogP contribution in [0.4, 0.5) is 0 Å². The lowest BCUT2D eigenvalue weighted by Crippen LogP contribution is -2.02. The third-order valence-electron chi connectivity index (χ3n) is 0.262. The molecule has 0 heterocycles. The molecule has 1 atom stereocenters. The van der Waals surface area contributed by atoms with Crippen molar-refractivity contribution < 1.29 is 16.8 Å². The Morgan fingerprint density at radius 3 is 2.71 bits per heavy atom. The van der Waals surface area contributed by atoms with Crippen molar-refractivity contribution in [1.29, 1.82) is 0 Å². The summed E-state index contributed by atoms with van der Waals surface area (Å²) >= 11 is 0. The molecule has 0 saturated heterocycles. The Balaban J connectivity index is 4.88.